The number of phenolic OH excluding ortho intramolecular Hbond substituents is 1. The molecule has 4 nitrogen and oxygen atoms in total. The second-order valence-corrected chi connectivity index (χ2v) is 13.7. The Morgan fingerprint density at radius 2 is 1.53 bits per heavy atom. The molecule has 0 fully saturated rings. The number of allylic oxidation sites excluding steroid dienone is 2. The molecule has 49 heavy (non-hydrogen) atoms. The quantitative estimate of drug-likeness (QED) is 0.195. The van der Waals surface area contributed by atoms with E-state index in [9.17, 15) is 5.11 Å². The Labute approximate surface area is 287 Å². The number of rotatable bonds is 6. The van der Waals surface area contributed by atoms with Gasteiger partial charge in [0.05, 0.1) is 32.3 Å². The lowest BCUT2D eigenvalue weighted by molar-refractivity contribution is 0.470. The van der Waals surface area contributed by atoms with E-state index in [2.05, 4.69) is 121 Å². The molecule has 0 aliphatic heterocycles. The number of hydrogen-bond acceptors (Lipinski definition) is 4. The Morgan fingerprint density at radius 1 is 0.776 bits per heavy atom. The molecule has 0 aliphatic rings. The molecule has 9 rings (SSSR count). The first-order chi connectivity index (χ1) is 24.1. The van der Waals surface area contributed by atoms with E-state index in [4.69, 9.17) is 9.97 Å². The highest BCUT2D eigenvalue weighted by molar-refractivity contribution is 7.26. The molecule has 0 amide bonds. The second kappa shape index (κ2) is 11.7. The molecule has 0 spiro atoms. The lowest BCUT2D eigenvalue weighted by atomic mass is 10.0. The number of benzene rings is 5. The van der Waals surface area contributed by atoms with Crippen LogP contribution in [0.4, 0.5) is 0 Å². The van der Waals surface area contributed by atoms with E-state index in [1.165, 1.54) is 48.0 Å². The highest BCUT2D eigenvalue weighted by atomic mass is 32.1. The van der Waals surface area contributed by atoms with E-state index >= 15 is 0 Å². The van der Waals surface area contributed by atoms with Crippen molar-refractivity contribution in [2.24, 2.45) is 0 Å². The van der Waals surface area contributed by atoms with Crippen LogP contribution in [-0.4, -0.2) is 19.5 Å². The SMILES string of the molecule is CC\C=C/C(C)=c1/c(=C\Cc2cc(-c3nc(-c4ccccc4)c4sc5ccccc5c4n3)ccc2O)c2cccc3c4ccccc4n1c23. The smallest absolute Gasteiger partial charge is 0.160 e. The van der Waals surface area contributed by atoms with Crippen LogP contribution in [0.2, 0.25) is 0 Å². The van der Waals surface area contributed by atoms with Crippen molar-refractivity contribution in [1.82, 2.24) is 14.4 Å². The van der Waals surface area contributed by atoms with Gasteiger partial charge in [0.15, 0.2) is 5.82 Å². The van der Waals surface area contributed by atoms with Crippen LogP contribution in [0.5, 0.6) is 5.75 Å². The van der Waals surface area contributed by atoms with E-state index < -0.39 is 0 Å². The molecule has 5 aromatic carbocycles. The second-order valence-electron chi connectivity index (χ2n) is 12.6. The molecular formula is C44H33N3OS. The Hall–Kier alpha value is -5.78. The van der Waals surface area contributed by atoms with Gasteiger partial charge in [-0.3, -0.25) is 0 Å². The van der Waals surface area contributed by atoms with Crippen molar-refractivity contribution in [3.8, 4) is 28.4 Å². The van der Waals surface area contributed by atoms with Crippen LogP contribution in [0, 0.1) is 0 Å². The van der Waals surface area contributed by atoms with E-state index in [0.29, 0.717) is 12.2 Å². The third-order valence-corrected chi connectivity index (χ3v) is 10.7. The van der Waals surface area contributed by atoms with Crippen molar-refractivity contribution >= 4 is 70.5 Å². The predicted molar refractivity (Wildman–Crippen MR) is 207 cm³/mol. The zero-order valence-corrected chi connectivity index (χ0v) is 28.1. The lowest BCUT2D eigenvalue weighted by Gasteiger charge is -2.09. The molecule has 0 radical (unpaired) electrons. The third-order valence-electron chi connectivity index (χ3n) is 9.57. The molecule has 4 aromatic heterocycles. The van der Waals surface area contributed by atoms with Gasteiger partial charge < -0.3 is 9.51 Å². The molecule has 0 saturated heterocycles. The first-order valence-electron chi connectivity index (χ1n) is 16.8. The van der Waals surface area contributed by atoms with Gasteiger partial charge in [0.25, 0.3) is 0 Å². The molecule has 0 atom stereocenters. The Balaban J connectivity index is 1.24. The van der Waals surface area contributed by atoms with Gasteiger partial charge in [0.1, 0.15) is 5.75 Å². The van der Waals surface area contributed by atoms with Crippen molar-refractivity contribution in [2.45, 2.75) is 26.7 Å². The maximum Gasteiger partial charge on any atom is 0.160 e. The average molecular weight is 652 g/mol. The Morgan fingerprint density at radius 3 is 2.39 bits per heavy atom. The van der Waals surface area contributed by atoms with Gasteiger partial charge in [0.2, 0.25) is 0 Å². The zero-order valence-electron chi connectivity index (χ0n) is 27.3. The van der Waals surface area contributed by atoms with Crippen LogP contribution < -0.4 is 10.6 Å². The van der Waals surface area contributed by atoms with E-state index in [0.717, 1.165) is 44.4 Å². The molecule has 0 bridgehead atoms. The summed E-state index contributed by atoms with van der Waals surface area (Å²) in [5.41, 5.74) is 8.32. The lowest BCUT2D eigenvalue weighted by Crippen LogP contribution is -2.28. The number of nitrogens with zero attached hydrogens (tertiary/aromatic N) is 3. The van der Waals surface area contributed by atoms with Gasteiger partial charge in [-0.2, -0.15) is 0 Å². The number of aromatic hydroxyl groups is 1. The van der Waals surface area contributed by atoms with Crippen LogP contribution in [-0.2, 0) is 6.42 Å². The van der Waals surface area contributed by atoms with Crippen LogP contribution in [0.25, 0.3) is 81.8 Å². The Bertz CT molecular complexity index is 2860. The first-order valence-corrected chi connectivity index (χ1v) is 17.6. The van der Waals surface area contributed by atoms with Crippen molar-refractivity contribution in [3.63, 3.8) is 0 Å². The Kier molecular flexibility index (Phi) is 7.03. The zero-order chi connectivity index (χ0) is 33.1. The van der Waals surface area contributed by atoms with Crippen LogP contribution in [0.1, 0.15) is 25.8 Å². The van der Waals surface area contributed by atoms with Gasteiger partial charge in [-0.05, 0) is 61.2 Å². The summed E-state index contributed by atoms with van der Waals surface area (Å²) in [6, 6.07) is 39.8. The molecule has 0 unspecified atom stereocenters. The third kappa shape index (κ3) is 4.73. The fraction of sp³-hybridized carbons (Fsp3) is 0.0909. The molecule has 9 aromatic rings. The molecule has 236 valence electrons. The summed E-state index contributed by atoms with van der Waals surface area (Å²) in [7, 11) is 0. The molecular weight excluding hydrogens is 619 g/mol. The summed E-state index contributed by atoms with van der Waals surface area (Å²) in [5, 5.41) is 18.4. The molecule has 0 saturated carbocycles. The number of thiophene rings is 1. The fourth-order valence-electron chi connectivity index (χ4n) is 7.30. The van der Waals surface area contributed by atoms with Crippen molar-refractivity contribution in [3.05, 3.63) is 144 Å². The number of fused-ring (bicyclic) bond motifs is 6. The van der Waals surface area contributed by atoms with E-state index in [1.807, 2.05) is 24.3 Å². The predicted octanol–water partition coefficient (Wildman–Crippen LogP) is 10.0. The molecule has 5 heteroatoms. The summed E-state index contributed by atoms with van der Waals surface area (Å²) in [5.74, 6) is 0.915. The van der Waals surface area contributed by atoms with Crippen molar-refractivity contribution < 1.29 is 5.11 Å². The summed E-state index contributed by atoms with van der Waals surface area (Å²) in [6.45, 7) is 4.37. The minimum atomic E-state index is 0.264. The summed E-state index contributed by atoms with van der Waals surface area (Å²) in [6.07, 6.45) is 8.26. The molecule has 4 heterocycles. The maximum absolute atomic E-state index is 11.2. The summed E-state index contributed by atoms with van der Waals surface area (Å²) < 4.78 is 4.70. The van der Waals surface area contributed by atoms with Crippen LogP contribution in [0.15, 0.2) is 127 Å². The molecule has 0 aliphatic carbocycles. The van der Waals surface area contributed by atoms with E-state index in [-0.39, 0.29) is 5.75 Å². The van der Waals surface area contributed by atoms with Crippen molar-refractivity contribution in [2.75, 3.05) is 0 Å². The average Bonchev–Trinajstić information content (AvgIpc) is 3.80. The van der Waals surface area contributed by atoms with Gasteiger partial charge >= 0.3 is 0 Å². The first kappa shape index (κ1) is 29.4. The number of phenols is 1. The van der Waals surface area contributed by atoms with Gasteiger partial charge in [0, 0.05) is 42.6 Å². The highest BCUT2D eigenvalue weighted by Crippen LogP contribution is 2.39. The number of aromatic nitrogens is 3. The summed E-state index contributed by atoms with van der Waals surface area (Å²) in [4.78, 5) is 10.3. The minimum absolute atomic E-state index is 0.264. The normalized spacial score (nSPS) is 13.3. The highest BCUT2D eigenvalue weighted by Gasteiger charge is 2.18. The topological polar surface area (TPSA) is 50.4 Å². The van der Waals surface area contributed by atoms with Crippen LogP contribution >= 0.6 is 11.3 Å². The van der Waals surface area contributed by atoms with Crippen molar-refractivity contribution in [1.29, 1.82) is 0 Å². The summed E-state index contributed by atoms with van der Waals surface area (Å²) >= 11 is 1.73. The van der Waals surface area contributed by atoms with Gasteiger partial charge in [-0.25, -0.2) is 9.97 Å². The number of para-hydroxylation sites is 2. The standard InChI is InChI=1S/C44H33N3OS/c1-3-4-13-27(2)41-34(33-19-12-18-32-31-16-8-10-20-36(31)47(41)42(32)33)24-22-29-26-30(23-25-37(29)48)44-45-39(28-14-6-5-7-15-28)43-40(46-44)35-17-9-11-21-38(35)49-43/h4-21,23-26,48H,3,22H2,1-2H3/b13-4-,34-24-,41-27-. The minimum Gasteiger partial charge on any atom is -0.508 e. The van der Waals surface area contributed by atoms with Gasteiger partial charge in [-0.1, -0.05) is 110 Å². The largest absolute Gasteiger partial charge is 0.508 e. The van der Waals surface area contributed by atoms with Gasteiger partial charge in [-0.15, -0.1) is 11.3 Å². The number of hydrogen-bond donors (Lipinski definition) is 1. The van der Waals surface area contributed by atoms with E-state index in [1.54, 1.807) is 17.4 Å². The molecule has 1 N–H and O–H groups in total. The van der Waals surface area contributed by atoms with Crippen LogP contribution in [0.3, 0.4) is 0 Å². The fourth-order valence-corrected chi connectivity index (χ4v) is 8.45. The monoisotopic (exact) mass is 651 g/mol. The maximum atomic E-state index is 11.2.